The van der Waals surface area contributed by atoms with Crippen molar-refractivity contribution in [3.63, 3.8) is 0 Å². The Morgan fingerprint density at radius 1 is 1.21 bits per heavy atom. The van der Waals surface area contributed by atoms with Crippen molar-refractivity contribution >= 4 is 11.9 Å². The predicted octanol–water partition coefficient (Wildman–Crippen LogP) is 1.01. The lowest BCUT2D eigenvalue weighted by atomic mass is 9.86. The van der Waals surface area contributed by atoms with Crippen molar-refractivity contribution < 1.29 is 19.8 Å². The van der Waals surface area contributed by atoms with E-state index in [9.17, 15) is 14.7 Å². The first kappa shape index (κ1) is 14.3. The molecule has 0 bridgehead atoms. The summed E-state index contributed by atoms with van der Waals surface area (Å²) in [5, 5.41) is 21.7. The number of aliphatic carboxylic acids is 1. The minimum Gasteiger partial charge on any atom is -0.481 e. The van der Waals surface area contributed by atoms with Gasteiger partial charge < -0.3 is 15.5 Å². The van der Waals surface area contributed by atoms with E-state index in [1.165, 1.54) is 0 Å². The number of nitrogens with one attached hydrogen (secondary N) is 1. The molecule has 0 aliphatic heterocycles. The van der Waals surface area contributed by atoms with E-state index in [1.54, 1.807) is 0 Å². The van der Waals surface area contributed by atoms with Crippen LogP contribution in [0, 0.1) is 23.2 Å². The van der Waals surface area contributed by atoms with E-state index in [4.69, 9.17) is 5.11 Å². The molecule has 4 atom stereocenters. The lowest BCUT2D eigenvalue weighted by molar-refractivity contribution is -0.140. The molecule has 0 saturated heterocycles. The maximum absolute atomic E-state index is 12.0. The molecule has 0 aromatic heterocycles. The number of carboxylic acid groups (broad SMARTS) is 1. The Labute approximate surface area is 113 Å². The van der Waals surface area contributed by atoms with Crippen LogP contribution in [-0.2, 0) is 9.59 Å². The summed E-state index contributed by atoms with van der Waals surface area (Å²) >= 11 is 0. The fraction of sp³-hybridized carbons (Fsp3) is 0.857. The molecular formula is C14H23NO4. The first-order chi connectivity index (χ1) is 8.85. The van der Waals surface area contributed by atoms with Gasteiger partial charge in [-0.15, -0.1) is 0 Å². The third-order valence-corrected chi connectivity index (χ3v) is 4.78. The molecule has 1 amide bonds. The number of rotatable bonds is 4. The Bertz CT molecular complexity index is 380. The van der Waals surface area contributed by atoms with Gasteiger partial charge in [-0.2, -0.15) is 0 Å². The molecule has 0 heterocycles. The summed E-state index contributed by atoms with van der Waals surface area (Å²) < 4.78 is 0. The maximum atomic E-state index is 12.0. The van der Waals surface area contributed by atoms with E-state index in [-0.39, 0.29) is 17.9 Å². The SMILES string of the molecule is CC1(C)[C@H](C(=O)O)[C@@H]1C(=O)NCC1CCCCC1O. The Kier molecular flexibility index (Phi) is 3.85. The van der Waals surface area contributed by atoms with Crippen molar-refractivity contribution in [3.05, 3.63) is 0 Å². The summed E-state index contributed by atoms with van der Waals surface area (Å²) in [5.74, 6) is -1.99. The molecule has 0 aromatic carbocycles. The summed E-state index contributed by atoms with van der Waals surface area (Å²) in [7, 11) is 0. The minimum atomic E-state index is -0.900. The van der Waals surface area contributed by atoms with Gasteiger partial charge in [0.05, 0.1) is 17.9 Å². The molecule has 5 nitrogen and oxygen atoms in total. The number of carbonyl (C=O) groups excluding carboxylic acids is 1. The van der Waals surface area contributed by atoms with Crippen LogP contribution in [0.15, 0.2) is 0 Å². The van der Waals surface area contributed by atoms with Crippen LogP contribution >= 0.6 is 0 Å². The van der Waals surface area contributed by atoms with E-state index in [0.29, 0.717) is 6.54 Å². The number of aliphatic hydroxyl groups excluding tert-OH is 1. The Hall–Kier alpha value is -1.10. The minimum absolute atomic E-state index is 0.114. The van der Waals surface area contributed by atoms with Crippen molar-refractivity contribution in [2.75, 3.05) is 6.54 Å². The number of carbonyl (C=O) groups is 2. The van der Waals surface area contributed by atoms with Gasteiger partial charge in [0.25, 0.3) is 0 Å². The molecule has 0 spiro atoms. The van der Waals surface area contributed by atoms with E-state index in [2.05, 4.69) is 5.32 Å². The molecule has 2 saturated carbocycles. The molecule has 2 aliphatic rings. The van der Waals surface area contributed by atoms with Crippen molar-refractivity contribution in [2.45, 2.75) is 45.6 Å². The van der Waals surface area contributed by atoms with Crippen LogP contribution in [0.25, 0.3) is 0 Å². The largest absolute Gasteiger partial charge is 0.481 e. The van der Waals surface area contributed by atoms with Gasteiger partial charge in [-0.1, -0.05) is 26.7 Å². The van der Waals surface area contributed by atoms with Gasteiger partial charge in [0, 0.05) is 12.5 Å². The monoisotopic (exact) mass is 269 g/mol. The highest BCUT2D eigenvalue weighted by atomic mass is 16.4. The summed E-state index contributed by atoms with van der Waals surface area (Å²) in [6.45, 7) is 4.08. The highest BCUT2D eigenvalue weighted by Crippen LogP contribution is 2.58. The summed E-state index contributed by atoms with van der Waals surface area (Å²) in [4.78, 5) is 23.1. The van der Waals surface area contributed by atoms with E-state index < -0.39 is 23.2 Å². The lowest BCUT2D eigenvalue weighted by Gasteiger charge is -2.27. The van der Waals surface area contributed by atoms with Gasteiger partial charge in [-0.05, 0) is 18.3 Å². The Morgan fingerprint density at radius 2 is 1.84 bits per heavy atom. The average Bonchev–Trinajstić information content (AvgIpc) is 2.91. The zero-order valence-electron chi connectivity index (χ0n) is 11.6. The molecule has 3 N–H and O–H groups in total. The molecule has 0 aromatic rings. The molecule has 0 radical (unpaired) electrons. The van der Waals surface area contributed by atoms with Crippen molar-refractivity contribution in [3.8, 4) is 0 Å². The van der Waals surface area contributed by atoms with E-state index in [0.717, 1.165) is 25.7 Å². The second kappa shape index (κ2) is 5.12. The molecule has 2 aliphatic carbocycles. The van der Waals surface area contributed by atoms with Crippen LogP contribution < -0.4 is 5.32 Å². The molecule has 2 fully saturated rings. The van der Waals surface area contributed by atoms with Gasteiger partial charge in [0.15, 0.2) is 0 Å². The second-order valence-corrected chi connectivity index (χ2v) is 6.47. The van der Waals surface area contributed by atoms with Gasteiger partial charge >= 0.3 is 5.97 Å². The van der Waals surface area contributed by atoms with Crippen LogP contribution in [0.5, 0.6) is 0 Å². The van der Waals surface area contributed by atoms with Crippen LogP contribution in [0.3, 0.4) is 0 Å². The number of amides is 1. The molecule has 5 heteroatoms. The fourth-order valence-corrected chi connectivity index (χ4v) is 3.36. The molecule has 2 unspecified atom stereocenters. The first-order valence-corrected chi connectivity index (χ1v) is 7.04. The molecule has 2 rings (SSSR count). The van der Waals surface area contributed by atoms with E-state index in [1.807, 2.05) is 13.8 Å². The highest BCUT2D eigenvalue weighted by molar-refractivity contribution is 5.91. The van der Waals surface area contributed by atoms with Crippen LogP contribution in [0.1, 0.15) is 39.5 Å². The Morgan fingerprint density at radius 3 is 2.37 bits per heavy atom. The topological polar surface area (TPSA) is 86.6 Å². The summed E-state index contributed by atoms with van der Waals surface area (Å²) in [6, 6.07) is 0. The van der Waals surface area contributed by atoms with Crippen molar-refractivity contribution in [2.24, 2.45) is 23.2 Å². The third-order valence-electron chi connectivity index (χ3n) is 4.78. The van der Waals surface area contributed by atoms with Crippen LogP contribution in [0.2, 0.25) is 0 Å². The quantitative estimate of drug-likeness (QED) is 0.711. The Balaban J connectivity index is 1.84. The lowest BCUT2D eigenvalue weighted by Crippen LogP contribution is -2.38. The number of hydrogen-bond donors (Lipinski definition) is 3. The summed E-state index contributed by atoms with van der Waals surface area (Å²) in [5.41, 5.74) is -0.457. The summed E-state index contributed by atoms with van der Waals surface area (Å²) in [6.07, 6.45) is 3.52. The number of hydrogen-bond acceptors (Lipinski definition) is 3. The van der Waals surface area contributed by atoms with Gasteiger partial charge in [0.1, 0.15) is 0 Å². The smallest absolute Gasteiger partial charge is 0.307 e. The van der Waals surface area contributed by atoms with Gasteiger partial charge in [-0.25, -0.2) is 0 Å². The maximum Gasteiger partial charge on any atom is 0.307 e. The number of aliphatic hydroxyl groups is 1. The molecular weight excluding hydrogens is 246 g/mol. The van der Waals surface area contributed by atoms with Crippen molar-refractivity contribution in [1.82, 2.24) is 5.32 Å². The average molecular weight is 269 g/mol. The third kappa shape index (κ3) is 2.76. The van der Waals surface area contributed by atoms with Gasteiger partial charge in [0.2, 0.25) is 5.91 Å². The standard InChI is InChI=1S/C14H23NO4/c1-14(2)10(11(14)13(18)19)12(17)15-7-8-5-3-4-6-9(8)16/h8-11,16H,3-7H2,1-2H3,(H,15,17)(H,18,19)/t8?,9?,10-,11+/m1/s1. The highest BCUT2D eigenvalue weighted by Gasteiger charge is 2.65. The van der Waals surface area contributed by atoms with E-state index >= 15 is 0 Å². The molecule has 19 heavy (non-hydrogen) atoms. The fourth-order valence-electron chi connectivity index (χ4n) is 3.36. The zero-order chi connectivity index (χ0) is 14.2. The second-order valence-electron chi connectivity index (χ2n) is 6.47. The van der Waals surface area contributed by atoms with Crippen molar-refractivity contribution in [1.29, 1.82) is 0 Å². The number of carboxylic acids is 1. The molecule has 108 valence electrons. The normalized spacial score (nSPS) is 36.6. The van der Waals surface area contributed by atoms with Crippen LogP contribution in [-0.4, -0.2) is 34.7 Å². The van der Waals surface area contributed by atoms with Crippen LogP contribution in [0.4, 0.5) is 0 Å². The predicted molar refractivity (Wildman–Crippen MR) is 69.4 cm³/mol. The van der Waals surface area contributed by atoms with Gasteiger partial charge in [-0.3, -0.25) is 9.59 Å². The first-order valence-electron chi connectivity index (χ1n) is 7.04. The zero-order valence-corrected chi connectivity index (χ0v) is 11.6.